The molecule has 0 radical (unpaired) electrons. The van der Waals surface area contributed by atoms with Gasteiger partial charge in [-0.05, 0) is 24.3 Å². The molecule has 0 N–H and O–H groups in total. The van der Waals surface area contributed by atoms with Crippen molar-refractivity contribution in [3.63, 3.8) is 0 Å². The summed E-state index contributed by atoms with van der Waals surface area (Å²) >= 11 is 0. The van der Waals surface area contributed by atoms with Crippen LogP contribution in [0.4, 0.5) is 0 Å². The van der Waals surface area contributed by atoms with Crippen LogP contribution in [-0.2, 0) is 4.74 Å². The van der Waals surface area contributed by atoms with Crippen molar-refractivity contribution in [2.45, 2.75) is 32.8 Å². The second-order valence-electron chi connectivity index (χ2n) is 3.14. The molecule has 1 heteroatoms. The summed E-state index contributed by atoms with van der Waals surface area (Å²) < 4.78 is 5.51. The molecule has 1 rings (SSSR count). The number of ether oxygens (including phenoxy) is 1. The Bertz CT molecular complexity index is 129. The van der Waals surface area contributed by atoms with Gasteiger partial charge in [0.05, 0.1) is 12.7 Å². The molecular formula is C9H16O. The standard InChI is InChI=1S/C9H16O/c1-4-9-5-7(2)8(3)6-10-9/h7,9H,3-6H2,1-2H3. The van der Waals surface area contributed by atoms with E-state index in [2.05, 4.69) is 20.4 Å². The average molecular weight is 140 g/mol. The van der Waals surface area contributed by atoms with Gasteiger partial charge in [0.25, 0.3) is 0 Å². The number of hydrogen-bond acceptors (Lipinski definition) is 1. The molecular weight excluding hydrogens is 124 g/mol. The van der Waals surface area contributed by atoms with Gasteiger partial charge in [-0.3, -0.25) is 0 Å². The molecule has 1 aliphatic rings. The van der Waals surface area contributed by atoms with Crippen LogP contribution in [0.15, 0.2) is 12.2 Å². The Morgan fingerprint density at radius 2 is 2.40 bits per heavy atom. The second-order valence-corrected chi connectivity index (χ2v) is 3.14. The third-order valence-electron chi connectivity index (χ3n) is 2.27. The topological polar surface area (TPSA) is 9.23 Å². The van der Waals surface area contributed by atoms with Gasteiger partial charge in [0.1, 0.15) is 0 Å². The van der Waals surface area contributed by atoms with Crippen LogP contribution in [-0.4, -0.2) is 12.7 Å². The van der Waals surface area contributed by atoms with E-state index in [1.807, 2.05) is 0 Å². The van der Waals surface area contributed by atoms with Crippen molar-refractivity contribution < 1.29 is 4.74 Å². The maximum atomic E-state index is 5.51. The van der Waals surface area contributed by atoms with Crippen LogP contribution in [0.25, 0.3) is 0 Å². The first kappa shape index (κ1) is 7.80. The van der Waals surface area contributed by atoms with Crippen LogP contribution in [0.5, 0.6) is 0 Å². The largest absolute Gasteiger partial charge is 0.374 e. The average Bonchev–Trinajstić information content (AvgIpc) is 1.95. The number of hydrogen-bond donors (Lipinski definition) is 0. The molecule has 0 amide bonds. The monoisotopic (exact) mass is 140 g/mol. The lowest BCUT2D eigenvalue weighted by Crippen LogP contribution is -2.25. The Morgan fingerprint density at radius 3 is 2.90 bits per heavy atom. The summed E-state index contributed by atoms with van der Waals surface area (Å²) in [5.41, 5.74) is 1.25. The minimum absolute atomic E-state index is 0.487. The molecule has 0 bridgehead atoms. The van der Waals surface area contributed by atoms with E-state index < -0.39 is 0 Å². The van der Waals surface area contributed by atoms with Gasteiger partial charge in [-0.1, -0.05) is 20.4 Å². The molecule has 0 aromatic rings. The van der Waals surface area contributed by atoms with Crippen molar-refractivity contribution in [1.29, 1.82) is 0 Å². The molecule has 2 atom stereocenters. The molecule has 1 fully saturated rings. The maximum Gasteiger partial charge on any atom is 0.0680 e. The molecule has 0 aromatic carbocycles. The van der Waals surface area contributed by atoms with Crippen molar-refractivity contribution >= 4 is 0 Å². The van der Waals surface area contributed by atoms with Gasteiger partial charge in [0, 0.05) is 0 Å². The third kappa shape index (κ3) is 1.60. The Hall–Kier alpha value is -0.300. The van der Waals surface area contributed by atoms with Gasteiger partial charge in [-0.25, -0.2) is 0 Å². The molecule has 0 aliphatic carbocycles. The first-order valence-corrected chi connectivity index (χ1v) is 4.03. The first-order valence-electron chi connectivity index (χ1n) is 4.03. The zero-order valence-electron chi connectivity index (χ0n) is 6.89. The summed E-state index contributed by atoms with van der Waals surface area (Å²) in [6, 6.07) is 0. The molecule has 1 aliphatic heterocycles. The molecule has 1 heterocycles. The SMILES string of the molecule is C=C1COC(CC)CC1C. The highest BCUT2D eigenvalue weighted by atomic mass is 16.5. The van der Waals surface area contributed by atoms with Crippen LogP contribution in [0.3, 0.4) is 0 Å². The molecule has 2 unspecified atom stereocenters. The second kappa shape index (κ2) is 3.20. The Kier molecular flexibility index (Phi) is 2.50. The van der Waals surface area contributed by atoms with Gasteiger partial charge in [-0.15, -0.1) is 0 Å². The van der Waals surface area contributed by atoms with Gasteiger partial charge in [0.2, 0.25) is 0 Å². The predicted octanol–water partition coefficient (Wildman–Crippen LogP) is 2.38. The van der Waals surface area contributed by atoms with Gasteiger partial charge >= 0.3 is 0 Å². The number of rotatable bonds is 1. The van der Waals surface area contributed by atoms with E-state index in [9.17, 15) is 0 Å². The molecule has 10 heavy (non-hydrogen) atoms. The smallest absolute Gasteiger partial charge is 0.0680 e. The van der Waals surface area contributed by atoms with Crippen molar-refractivity contribution in [1.82, 2.24) is 0 Å². The van der Waals surface area contributed by atoms with Crippen molar-refractivity contribution in [3.05, 3.63) is 12.2 Å². The van der Waals surface area contributed by atoms with Gasteiger partial charge < -0.3 is 4.74 Å². The van der Waals surface area contributed by atoms with Crippen LogP contribution in [0.1, 0.15) is 26.7 Å². The van der Waals surface area contributed by atoms with E-state index >= 15 is 0 Å². The lowest BCUT2D eigenvalue weighted by molar-refractivity contribution is 0.0249. The highest BCUT2D eigenvalue weighted by Crippen LogP contribution is 2.24. The van der Waals surface area contributed by atoms with E-state index in [0.717, 1.165) is 19.4 Å². The summed E-state index contributed by atoms with van der Waals surface area (Å²) in [7, 11) is 0. The Labute approximate surface area is 63.1 Å². The maximum absolute atomic E-state index is 5.51. The first-order chi connectivity index (χ1) is 4.74. The fourth-order valence-corrected chi connectivity index (χ4v) is 1.28. The van der Waals surface area contributed by atoms with Crippen LogP contribution in [0, 0.1) is 5.92 Å². The third-order valence-corrected chi connectivity index (χ3v) is 2.27. The summed E-state index contributed by atoms with van der Waals surface area (Å²) in [6.45, 7) is 9.12. The molecule has 0 aromatic heterocycles. The van der Waals surface area contributed by atoms with E-state index in [4.69, 9.17) is 4.74 Å². The Morgan fingerprint density at radius 1 is 1.70 bits per heavy atom. The zero-order chi connectivity index (χ0) is 7.56. The zero-order valence-corrected chi connectivity index (χ0v) is 6.89. The molecule has 1 saturated heterocycles. The van der Waals surface area contributed by atoms with Crippen LogP contribution < -0.4 is 0 Å². The molecule has 58 valence electrons. The predicted molar refractivity (Wildman–Crippen MR) is 43.0 cm³/mol. The molecule has 1 nitrogen and oxygen atoms in total. The lowest BCUT2D eigenvalue weighted by Gasteiger charge is -2.28. The minimum Gasteiger partial charge on any atom is -0.374 e. The summed E-state index contributed by atoms with van der Waals surface area (Å²) in [4.78, 5) is 0. The van der Waals surface area contributed by atoms with Crippen molar-refractivity contribution in [2.24, 2.45) is 5.92 Å². The normalized spacial score (nSPS) is 34.4. The van der Waals surface area contributed by atoms with Gasteiger partial charge in [-0.2, -0.15) is 0 Å². The molecule has 0 spiro atoms. The summed E-state index contributed by atoms with van der Waals surface area (Å²) in [6.07, 6.45) is 2.79. The highest BCUT2D eigenvalue weighted by molar-refractivity contribution is 5.02. The summed E-state index contributed by atoms with van der Waals surface area (Å²) in [5.74, 6) is 0.665. The van der Waals surface area contributed by atoms with Crippen LogP contribution in [0.2, 0.25) is 0 Å². The van der Waals surface area contributed by atoms with Crippen molar-refractivity contribution in [3.8, 4) is 0 Å². The quantitative estimate of drug-likeness (QED) is 0.508. The fourth-order valence-electron chi connectivity index (χ4n) is 1.28. The van der Waals surface area contributed by atoms with E-state index in [0.29, 0.717) is 12.0 Å². The van der Waals surface area contributed by atoms with Gasteiger partial charge in [0.15, 0.2) is 0 Å². The highest BCUT2D eigenvalue weighted by Gasteiger charge is 2.19. The van der Waals surface area contributed by atoms with Crippen molar-refractivity contribution in [2.75, 3.05) is 6.61 Å². The Balaban J connectivity index is 2.40. The van der Waals surface area contributed by atoms with Crippen LogP contribution >= 0.6 is 0 Å². The van der Waals surface area contributed by atoms with E-state index in [-0.39, 0.29) is 0 Å². The van der Waals surface area contributed by atoms with E-state index in [1.54, 1.807) is 0 Å². The minimum atomic E-state index is 0.487. The fraction of sp³-hybridized carbons (Fsp3) is 0.778. The lowest BCUT2D eigenvalue weighted by atomic mass is 9.93. The summed E-state index contributed by atoms with van der Waals surface area (Å²) in [5, 5.41) is 0. The molecule has 0 saturated carbocycles. The van der Waals surface area contributed by atoms with E-state index in [1.165, 1.54) is 5.57 Å².